The van der Waals surface area contributed by atoms with Crippen LogP contribution in [0, 0.1) is 13.8 Å². The molecule has 0 saturated carbocycles. The first kappa shape index (κ1) is 21.8. The van der Waals surface area contributed by atoms with Gasteiger partial charge in [0.25, 0.3) is 10.0 Å². The van der Waals surface area contributed by atoms with E-state index in [-0.39, 0.29) is 10.1 Å². The van der Waals surface area contributed by atoms with Gasteiger partial charge in [0.1, 0.15) is 31.4 Å². The summed E-state index contributed by atoms with van der Waals surface area (Å²) in [5, 5.41) is -3.04. The number of hydrogen-bond donors (Lipinski definition) is 0. The maximum Gasteiger partial charge on any atom is 0.254 e. The molecule has 4 rings (SSSR count). The maximum absolute atomic E-state index is 12.8. The SMILES string of the molecule is [B]C1([B])Oc2cc(C)c(C3CCN(S(=O)(=O)c4cnc(C)s4)CC3)cc2OC1([B])[B]. The Labute approximate surface area is 186 Å². The highest BCUT2D eigenvalue weighted by Crippen LogP contribution is 2.43. The van der Waals surface area contributed by atoms with Gasteiger partial charge in [-0.25, -0.2) is 13.4 Å². The van der Waals surface area contributed by atoms with Gasteiger partial charge in [0, 0.05) is 23.9 Å². The van der Waals surface area contributed by atoms with Crippen LogP contribution in [-0.2, 0) is 10.0 Å². The number of hydrogen-bond acceptors (Lipinski definition) is 6. The van der Waals surface area contributed by atoms with E-state index in [0.717, 1.165) is 16.1 Å². The fraction of sp³-hybridized carbons (Fsp3) is 0.500. The van der Waals surface area contributed by atoms with Gasteiger partial charge in [-0.2, -0.15) is 4.31 Å². The summed E-state index contributed by atoms with van der Waals surface area (Å²) in [6.45, 7) is 4.58. The van der Waals surface area contributed by atoms with Crippen LogP contribution in [0.25, 0.3) is 0 Å². The Morgan fingerprint density at radius 2 is 1.63 bits per heavy atom. The first-order valence-electron chi connectivity index (χ1n) is 9.51. The quantitative estimate of drug-likeness (QED) is 0.678. The van der Waals surface area contributed by atoms with Gasteiger partial charge in [0.05, 0.1) is 11.2 Å². The molecule has 0 N–H and O–H groups in total. The standard InChI is InChI=1S/C18H18B4N2O4S2/c1-10-7-14-15(28-18(21,22)17(19,20)27-14)8-13(10)12-3-5-24(6-4-12)30(25,26)16-9-23-11(2)29-16/h7-9,12H,3-6H2,1-2H3. The molecule has 30 heavy (non-hydrogen) atoms. The number of piperidine rings is 1. The Balaban J connectivity index is 1.53. The normalized spacial score (nSPS) is 21.4. The highest BCUT2D eigenvalue weighted by molar-refractivity contribution is 7.91. The van der Waals surface area contributed by atoms with Gasteiger partial charge >= 0.3 is 0 Å². The van der Waals surface area contributed by atoms with Gasteiger partial charge in [-0.15, -0.1) is 11.3 Å². The van der Waals surface area contributed by atoms with Crippen molar-refractivity contribution in [2.45, 2.75) is 47.6 Å². The van der Waals surface area contributed by atoms with Crippen LogP contribution in [0.5, 0.6) is 11.5 Å². The van der Waals surface area contributed by atoms with Crippen LogP contribution in [0.4, 0.5) is 0 Å². The van der Waals surface area contributed by atoms with Crippen LogP contribution >= 0.6 is 11.3 Å². The fourth-order valence-electron chi connectivity index (χ4n) is 3.80. The van der Waals surface area contributed by atoms with Crippen molar-refractivity contribution in [2.75, 3.05) is 13.1 Å². The lowest BCUT2D eigenvalue weighted by Crippen LogP contribution is -2.65. The van der Waals surface area contributed by atoms with Crippen molar-refractivity contribution in [1.29, 1.82) is 0 Å². The number of aryl methyl sites for hydroxylation is 2. The van der Waals surface area contributed by atoms with Crippen LogP contribution in [-0.4, -0.2) is 73.0 Å². The highest BCUT2D eigenvalue weighted by Gasteiger charge is 2.43. The van der Waals surface area contributed by atoms with Gasteiger partial charge in [0.15, 0.2) is 15.7 Å². The molecule has 0 atom stereocenters. The molecule has 2 aromatic rings. The Hall–Kier alpha value is -1.38. The van der Waals surface area contributed by atoms with E-state index >= 15 is 0 Å². The number of ether oxygens (including phenoxy) is 2. The van der Waals surface area contributed by atoms with Gasteiger partial charge in [-0.1, -0.05) is 0 Å². The van der Waals surface area contributed by atoms with Gasteiger partial charge in [-0.3, -0.25) is 0 Å². The maximum atomic E-state index is 12.8. The summed E-state index contributed by atoms with van der Waals surface area (Å²) in [7, 11) is 19.9. The van der Waals surface area contributed by atoms with Crippen molar-refractivity contribution in [3.8, 4) is 11.5 Å². The third-order valence-corrected chi connectivity index (χ3v) is 8.84. The largest absolute Gasteiger partial charge is 0.501 e. The third kappa shape index (κ3) is 3.71. The van der Waals surface area contributed by atoms with E-state index < -0.39 is 20.8 Å². The zero-order chi connectivity index (χ0) is 21.9. The molecule has 0 amide bonds. The van der Waals surface area contributed by atoms with Gasteiger partial charge in [-0.05, 0) is 55.9 Å². The number of benzene rings is 1. The van der Waals surface area contributed by atoms with E-state index in [4.69, 9.17) is 40.9 Å². The van der Waals surface area contributed by atoms with Gasteiger partial charge in [0.2, 0.25) is 0 Å². The Morgan fingerprint density at radius 3 is 2.17 bits per heavy atom. The Kier molecular flexibility index (Phi) is 5.35. The molecule has 1 fully saturated rings. The number of aromatic nitrogens is 1. The van der Waals surface area contributed by atoms with Crippen LogP contribution in [0.2, 0.25) is 0 Å². The lowest BCUT2D eigenvalue weighted by Gasteiger charge is -2.49. The Morgan fingerprint density at radius 1 is 1.07 bits per heavy atom. The molecule has 1 aromatic carbocycles. The summed E-state index contributed by atoms with van der Waals surface area (Å²) in [5.74, 6) is 0.886. The van der Waals surface area contributed by atoms with E-state index in [0.29, 0.717) is 37.4 Å². The van der Waals surface area contributed by atoms with E-state index in [1.807, 2.05) is 13.0 Å². The van der Waals surface area contributed by atoms with E-state index in [9.17, 15) is 8.42 Å². The van der Waals surface area contributed by atoms with Crippen molar-refractivity contribution in [3.05, 3.63) is 34.5 Å². The minimum atomic E-state index is -3.52. The van der Waals surface area contributed by atoms with Crippen molar-refractivity contribution >= 4 is 52.7 Å². The molecule has 0 bridgehead atoms. The first-order chi connectivity index (χ1) is 13.9. The average molecular weight is 434 g/mol. The first-order valence-corrected chi connectivity index (χ1v) is 11.8. The van der Waals surface area contributed by atoms with E-state index in [2.05, 4.69) is 4.98 Å². The number of nitrogens with zero attached hydrogens (tertiary/aromatic N) is 2. The second-order valence-electron chi connectivity index (χ2n) is 7.82. The van der Waals surface area contributed by atoms with E-state index in [1.54, 1.807) is 13.0 Å². The minimum Gasteiger partial charge on any atom is -0.501 e. The molecular weight excluding hydrogens is 416 g/mol. The summed E-state index contributed by atoms with van der Waals surface area (Å²) in [6.07, 6.45) is 2.77. The molecule has 1 saturated heterocycles. The van der Waals surface area contributed by atoms with Crippen LogP contribution < -0.4 is 9.47 Å². The summed E-state index contributed by atoms with van der Waals surface area (Å²) >= 11 is 1.19. The van der Waals surface area contributed by atoms with Crippen molar-refractivity contribution in [1.82, 2.24) is 9.29 Å². The number of sulfonamides is 1. The summed E-state index contributed by atoms with van der Waals surface area (Å²) in [5.41, 5.74) is 1.99. The van der Waals surface area contributed by atoms with Crippen LogP contribution in [0.15, 0.2) is 22.5 Å². The zero-order valence-corrected chi connectivity index (χ0v) is 18.4. The third-order valence-electron chi connectivity index (χ3n) is 5.59. The van der Waals surface area contributed by atoms with Crippen molar-refractivity contribution < 1.29 is 17.9 Å². The fourth-order valence-corrected chi connectivity index (χ4v) is 6.53. The number of rotatable bonds is 3. The van der Waals surface area contributed by atoms with E-state index in [1.165, 1.54) is 21.8 Å². The second kappa shape index (κ2) is 7.35. The predicted molar refractivity (Wildman–Crippen MR) is 118 cm³/mol. The molecule has 12 heteroatoms. The molecule has 1 aromatic heterocycles. The van der Waals surface area contributed by atoms with Crippen LogP contribution in [0.3, 0.4) is 0 Å². The molecule has 0 aliphatic carbocycles. The molecule has 6 nitrogen and oxygen atoms in total. The average Bonchev–Trinajstić information content (AvgIpc) is 3.10. The summed E-state index contributed by atoms with van der Waals surface area (Å²) < 4.78 is 38.7. The monoisotopic (exact) mass is 434 g/mol. The molecule has 3 heterocycles. The zero-order valence-electron chi connectivity index (χ0n) is 16.8. The van der Waals surface area contributed by atoms with Crippen molar-refractivity contribution in [3.63, 3.8) is 0 Å². The molecule has 2 aliphatic heterocycles. The summed E-state index contributed by atoms with van der Waals surface area (Å²) in [4.78, 5) is 4.06. The molecular formula is C18H18B4N2O4S2. The van der Waals surface area contributed by atoms with Crippen LogP contribution in [0.1, 0.15) is 34.9 Å². The number of thiazole rings is 1. The lowest BCUT2D eigenvalue weighted by atomic mass is 9.41. The smallest absolute Gasteiger partial charge is 0.254 e. The molecule has 0 spiro atoms. The lowest BCUT2D eigenvalue weighted by molar-refractivity contribution is 0.0615. The number of fused-ring (bicyclic) bond motifs is 1. The van der Waals surface area contributed by atoms with Gasteiger partial charge < -0.3 is 9.47 Å². The minimum absolute atomic E-state index is 0.154. The highest BCUT2D eigenvalue weighted by atomic mass is 32.2. The predicted octanol–water partition coefficient (Wildman–Crippen LogP) is 1.08. The molecule has 148 valence electrons. The molecule has 2 aliphatic rings. The summed E-state index contributed by atoms with van der Waals surface area (Å²) in [6, 6.07) is 3.62. The van der Waals surface area contributed by atoms with Crippen molar-refractivity contribution in [2.24, 2.45) is 0 Å². The topological polar surface area (TPSA) is 68.7 Å². The molecule has 8 radical (unpaired) electrons. The second-order valence-corrected chi connectivity index (χ2v) is 11.2. The Bertz CT molecular complexity index is 1080. The molecule has 0 unspecified atom stereocenters.